The van der Waals surface area contributed by atoms with Crippen molar-refractivity contribution in [3.63, 3.8) is 0 Å². The van der Waals surface area contributed by atoms with Gasteiger partial charge in [-0.2, -0.15) is 5.06 Å². The van der Waals surface area contributed by atoms with Crippen LogP contribution in [0.1, 0.15) is 24.5 Å². The van der Waals surface area contributed by atoms with Gasteiger partial charge in [0.05, 0.1) is 12.1 Å². The summed E-state index contributed by atoms with van der Waals surface area (Å²) in [4.78, 5) is 5.82. The summed E-state index contributed by atoms with van der Waals surface area (Å²) >= 11 is 0. The minimum atomic E-state index is -0.210. The maximum Gasteiger partial charge on any atom is 0.106 e. The molecule has 2 heterocycles. The van der Waals surface area contributed by atoms with Crippen LogP contribution in [-0.4, -0.2) is 28.9 Å². The molecule has 2 saturated heterocycles. The molecule has 2 aliphatic rings. The molecule has 1 aromatic rings. The van der Waals surface area contributed by atoms with Gasteiger partial charge in [0, 0.05) is 13.0 Å². The number of hydrogen-bond donors (Lipinski definition) is 1. The lowest BCUT2D eigenvalue weighted by molar-refractivity contribution is -0.153. The van der Waals surface area contributed by atoms with Crippen molar-refractivity contribution in [1.29, 1.82) is 0 Å². The van der Waals surface area contributed by atoms with Crippen molar-refractivity contribution in [3.05, 3.63) is 35.9 Å². The van der Waals surface area contributed by atoms with Crippen molar-refractivity contribution in [1.82, 2.24) is 5.06 Å². The largest absolute Gasteiger partial charge is 0.391 e. The van der Waals surface area contributed by atoms with Gasteiger partial charge >= 0.3 is 0 Å². The van der Waals surface area contributed by atoms with Crippen LogP contribution in [0.3, 0.4) is 0 Å². The van der Waals surface area contributed by atoms with Gasteiger partial charge in [-0.15, -0.1) is 0 Å². The number of hydrogen-bond acceptors (Lipinski definition) is 3. The monoisotopic (exact) mass is 205 g/mol. The molecule has 0 saturated carbocycles. The summed E-state index contributed by atoms with van der Waals surface area (Å²) < 4.78 is 0. The summed E-state index contributed by atoms with van der Waals surface area (Å²) in [5, 5.41) is 11.7. The molecule has 80 valence electrons. The second kappa shape index (κ2) is 3.59. The first-order valence-corrected chi connectivity index (χ1v) is 5.51. The van der Waals surface area contributed by atoms with Crippen LogP contribution in [0.4, 0.5) is 0 Å². The summed E-state index contributed by atoms with van der Waals surface area (Å²) in [6, 6.07) is 10.4. The molecule has 3 heteroatoms. The molecule has 1 aromatic carbocycles. The van der Waals surface area contributed by atoms with E-state index < -0.39 is 0 Å². The maximum atomic E-state index is 9.74. The molecule has 3 nitrogen and oxygen atoms in total. The molecule has 2 aliphatic heterocycles. The van der Waals surface area contributed by atoms with Crippen molar-refractivity contribution in [2.75, 3.05) is 6.54 Å². The average molecular weight is 205 g/mol. The fourth-order valence-electron chi connectivity index (χ4n) is 2.51. The van der Waals surface area contributed by atoms with E-state index in [9.17, 15) is 5.11 Å². The Balaban J connectivity index is 1.77. The maximum absolute atomic E-state index is 9.74. The molecular weight excluding hydrogens is 190 g/mol. The average Bonchev–Trinajstić information content (AvgIpc) is 2.83. The van der Waals surface area contributed by atoms with Crippen LogP contribution in [0, 0.1) is 0 Å². The van der Waals surface area contributed by atoms with Gasteiger partial charge in [-0.3, -0.25) is 4.84 Å². The third kappa shape index (κ3) is 1.57. The molecular formula is C12H15NO2. The highest BCUT2D eigenvalue weighted by Crippen LogP contribution is 2.38. The Bertz CT molecular complexity index is 341. The van der Waals surface area contributed by atoms with E-state index in [0.717, 1.165) is 19.4 Å². The Morgan fingerprint density at radius 1 is 1.27 bits per heavy atom. The Morgan fingerprint density at radius 3 is 2.80 bits per heavy atom. The number of aliphatic hydroxyl groups excluding tert-OH is 1. The van der Waals surface area contributed by atoms with Crippen molar-refractivity contribution in [2.24, 2.45) is 0 Å². The molecule has 0 unspecified atom stereocenters. The van der Waals surface area contributed by atoms with Gasteiger partial charge in [0.25, 0.3) is 0 Å². The number of hydroxylamine groups is 2. The molecule has 2 fully saturated rings. The first kappa shape index (κ1) is 9.33. The fourth-order valence-corrected chi connectivity index (χ4v) is 2.51. The van der Waals surface area contributed by atoms with Gasteiger partial charge < -0.3 is 5.11 Å². The van der Waals surface area contributed by atoms with Crippen LogP contribution in [-0.2, 0) is 4.84 Å². The number of benzene rings is 1. The quantitative estimate of drug-likeness (QED) is 0.754. The molecule has 0 amide bonds. The summed E-state index contributed by atoms with van der Waals surface area (Å²) in [5.41, 5.74) is 1.21. The lowest BCUT2D eigenvalue weighted by atomic mass is 10.0. The zero-order valence-corrected chi connectivity index (χ0v) is 8.54. The molecule has 0 radical (unpaired) electrons. The lowest BCUT2D eigenvalue weighted by Gasteiger charge is -2.14. The first-order chi connectivity index (χ1) is 7.34. The Hall–Kier alpha value is -0.900. The van der Waals surface area contributed by atoms with Gasteiger partial charge in [0.2, 0.25) is 0 Å². The minimum absolute atomic E-state index is 0.131. The van der Waals surface area contributed by atoms with Crippen molar-refractivity contribution in [3.8, 4) is 0 Å². The predicted octanol–water partition coefficient (Wildman–Crippen LogP) is 1.50. The third-order valence-corrected chi connectivity index (χ3v) is 3.35. The highest BCUT2D eigenvalue weighted by atomic mass is 16.7. The van der Waals surface area contributed by atoms with Gasteiger partial charge in [-0.05, 0) is 12.0 Å². The third-order valence-electron chi connectivity index (χ3n) is 3.35. The normalized spacial score (nSPS) is 35.7. The van der Waals surface area contributed by atoms with Gasteiger partial charge in [0.15, 0.2) is 0 Å². The van der Waals surface area contributed by atoms with Crippen LogP contribution in [0.2, 0.25) is 0 Å². The molecule has 0 aromatic heterocycles. The Kier molecular flexibility index (Phi) is 2.24. The molecule has 1 N–H and O–H groups in total. The van der Waals surface area contributed by atoms with E-state index in [4.69, 9.17) is 4.84 Å². The Labute approximate surface area is 89.2 Å². The first-order valence-electron chi connectivity index (χ1n) is 5.51. The minimum Gasteiger partial charge on any atom is -0.391 e. The number of fused-ring (bicyclic) bond motifs is 1. The van der Waals surface area contributed by atoms with Crippen LogP contribution < -0.4 is 0 Å². The van der Waals surface area contributed by atoms with Crippen molar-refractivity contribution < 1.29 is 9.94 Å². The van der Waals surface area contributed by atoms with E-state index in [1.165, 1.54) is 5.56 Å². The van der Waals surface area contributed by atoms with Gasteiger partial charge in [0.1, 0.15) is 6.10 Å². The molecule has 3 rings (SSSR count). The molecule has 0 bridgehead atoms. The van der Waals surface area contributed by atoms with Gasteiger partial charge in [-0.25, -0.2) is 0 Å². The predicted molar refractivity (Wildman–Crippen MR) is 56.0 cm³/mol. The van der Waals surface area contributed by atoms with Crippen LogP contribution in [0.25, 0.3) is 0 Å². The van der Waals surface area contributed by atoms with E-state index in [0.29, 0.717) is 0 Å². The van der Waals surface area contributed by atoms with Crippen molar-refractivity contribution in [2.45, 2.75) is 31.1 Å². The Morgan fingerprint density at radius 2 is 2.07 bits per heavy atom. The smallest absolute Gasteiger partial charge is 0.106 e. The van der Waals surface area contributed by atoms with Crippen LogP contribution >= 0.6 is 0 Å². The SMILES string of the molecule is O[C@H]1CCN2O[C@H](c3ccccc3)C[C@H]12. The van der Waals surface area contributed by atoms with E-state index in [1.807, 2.05) is 23.3 Å². The van der Waals surface area contributed by atoms with Crippen molar-refractivity contribution >= 4 is 0 Å². The zero-order chi connectivity index (χ0) is 10.3. The van der Waals surface area contributed by atoms with Crippen LogP contribution in [0.15, 0.2) is 30.3 Å². The second-order valence-electron chi connectivity index (χ2n) is 4.30. The van der Waals surface area contributed by atoms with E-state index >= 15 is 0 Å². The zero-order valence-electron chi connectivity index (χ0n) is 8.54. The molecule has 0 spiro atoms. The molecule has 15 heavy (non-hydrogen) atoms. The van der Waals surface area contributed by atoms with E-state index in [-0.39, 0.29) is 18.2 Å². The summed E-state index contributed by atoms with van der Waals surface area (Å²) in [5.74, 6) is 0. The number of nitrogens with zero attached hydrogens (tertiary/aromatic N) is 1. The summed E-state index contributed by atoms with van der Waals surface area (Å²) in [6.45, 7) is 0.856. The van der Waals surface area contributed by atoms with E-state index in [1.54, 1.807) is 0 Å². The highest BCUT2D eigenvalue weighted by molar-refractivity contribution is 5.18. The lowest BCUT2D eigenvalue weighted by Crippen LogP contribution is -2.27. The highest BCUT2D eigenvalue weighted by Gasteiger charge is 2.42. The summed E-state index contributed by atoms with van der Waals surface area (Å²) in [7, 11) is 0. The molecule has 0 aliphatic carbocycles. The number of rotatable bonds is 1. The number of aliphatic hydroxyl groups is 1. The molecule has 3 atom stereocenters. The summed E-state index contributed by atoms with van der Waals surface area (Å²) in [6.07, 6.45) is 1.67. The topological polar surface area (TPSA) is 32.7 Å². The van der Waals surface area contributed by atoms with Crippen LogP contribution in [0.5, 0.6) is 0 Å². The fraction of sp³-hybridized carbons (Fsp3) is 0.500. The van der Waals surface area contributed by atoms with E-state index in [2.05, 4.69) is 12.1 Å². The standard InChI is InChI=1S/C12H15NO2/c14-11-6-7-13-10(11)8-12(15-13)9-4-2-1-3-5-9/h1-5,10-12,14H,6-8H2/t10-,11+,12+/m1/s1. The second-order valence-corrected chi connectivity index (χ2v) is 4.30. The van der Waals surface area contributed by atoms with Gasteiger partial charge in [-0.1, -0.05) is 30.3 Å².